The van der Waals surface area contributed by atoms with Gasteiger partial charge in [-0.1, -0.05) is 48.4 Å². The summed E-state index contributed by atoms with van der Waals surface area (Å²) in [6, 6.07) is 15.1. The van der Waals surface area contributed by atoms with Gasteiger partial charge >= 0.3 is 0 Å². The van der Waals surface area contributed by atoms with Crippen molar-refractivity contribution in [2.75, 3.05) is 6.54 Å². The lowest BCUT2D eigenvalue weighted by atomic mass is 10.00. The van der Waals surface area contributed by atoms with Gasteiger partial charge < -0.3 is 0 Å². The highest BCUT2D eigenvalue weighted by Crippen LogP contribution is 2.23. The van der Waals surface area contributed by atoms with Crippen molar-refractivity contribution < 1.29 is 0 Å². The molecule has 0 heterocycles. The second-order valence-corrected chi connectivity index (χ2v) is 3.88. The van der Waals surface area contributed by atoms with Crippen LogP contribution in [0.1, 0.15) is 18.5 Å². The zero-order valence-electron chi connectivity index (χ0n) is 9.40. The molecular weight excluding hydrogens is 194 g/mol. The summed E-state index contributed by atoms with van der Waals surface area (Å²) in [6.07, 6.45) is 5.26. The van der Waals surface area contributed by atoms with Crippen LogP contribution in [0.5, 0.6) is 0 Å². The summed E-state index contributed by atoms with van der Waals surface area (Å²) in [5.74, 6) is 2.61. The van der Waals surface area contributed by atoms with Crippen LogP contribution in [0.4, 0.5) is 0 Å². The molecule has 0 aromatic heterocycles. The number of rotatable bonds is 3. The second kappa shape index (κ2) is 4.83. The van der Waals surface area contributed by atoms with E-state index >= 15 is 0 Å². The van der Waals surface area contributed by atoms with Gasteiger partial charge in [-0.2, -0.15) is 0 Å². The van der Waals surface area contributed by atoms with Crippen molar-refractivity contribution in [1.82, 2.24) is 5.32 Å². The molecule has 2 aromatic carbocycles. The Hall–Kier alpha value is -1.78. The van der Waals surface area contributed by atoms with Crippen LogP contribution < -0.4 is 5.32 Å². The number of terminal acetylenes is 1. The molecule has 2 aromatic rings. The minimum atomic E-state index is 0.280. The Bertz CT molecular complexity index is 517. The first-order valence-electron chi connectivity index (χ1n) is 5.47. The van der Waals surface area contributed by atoms with E-state index in [4.69, 9.17) is 6.42 Å². The van der Waals surface area contributed by atoms with E-state index in [1.54, 1.807) is 0 Å². The Morgan fingerprint density at radius 3 is 2.75 bits per heavy atom. The highest BCUT2D eigenvalue weighted by Gasteiger charge is 2.07. The van der Waals surface area contributed by atoms with Crippen LogP contribution >= 0.6 is 0 Å². The summed E-state index contributed by atoms with van der Waals surface area (Å²) < 4.78 is 0. The van der Waals surface area contributed by atoms with Crippen LogP contribution in [0, 0.1) is 12.3 Å². The summed E-state index contributed by atoms with van der Waals surface area (Å²) in [5.41, 5.74) is 1.30. The van der Waals surface area contributed by atoms with Gasteiger partial charge in [0.1, 0.15) is 0 Å². The van der Waals surface area contributed by atoms with Gasteiger partial charge in [0.25, 0.3) is 0 Å². The molecule has 1 atom stereocenters. The van der Waals surface area contributed by atoms with E-state index in [-0.39, 0.29) is 6.04 Å². The molecule has 0 unspecified atom stereocenters. The summed E-state index contributed by atoms with van der Waals surface area (Å²) in [5, 5.41) is 5.87. The molecule has 0 amide bonds. The summed E-state index contributed by atoms with van der Waals surface area (Å²) >= 11 is 0. The van der Waals surface area contributed by atoms with E-state index in [9.17, 15) is 0 Å². The Balaban J connectivity index is 2.40. The second-order valence-electron chi connectivity index (χ2n) is 3.88. The fourth-order valence-corrected chi connectivity index (χ4v) is 1.95. The van der Waals surface area contributed by atoms with E-state index < -0.39 is 0 Å². The molecular formula is C15H15N. The van der Waals surface area contributed by atoms with Crippen LogP contribution in [0.3, 0.4) is 0 Å². The Labute approximate surface area is 96.5 Å². The zero-order valence-corrected chi connectivity index (χ0v) is 9.40. The van der Waals surface area contributed by atoms with Gasteiger partial charge in [-0.3, -0.25) is 5.32 Å². The van der Waals surface area contributed by atoms with E-state index in [1.165, 1.54) is 16.3 Å². The maximum absolute atomic E-state index is 5.26. The van der Waals surface area contributed by atoms with Crippen molar-refractivity contribution in [2.45, 2.75) is 13.0 Å². The van der Waals surface area contributed by atoms with Gasteiger partial charge in [0.05, 0.1) is 6.54 Å². The highest BCUT2D eigenvalue weighted by molar-refractivity contribution is 5.86. The van der Waals surface area contributed by atoms with Crippen molar-refractivity contribution in [3.05, 3.63) is 48.0 Å². The smallest absolute Gasteiger partial charge is 0.0578 e. The largest absolute Gasteiger partial charge is 0.300 e. The third-order valence-corrected chi connectivity index (χ3v) is 2.80. The van der Waals surface area contributed by atoms with Gasteiger partial charge in [-0.15, -0.1) is 6.42 Å². The molecule has 0 aliphatic rings. The van der Waals surface area contributed by atoms with E-state index in [0.717, 1.165) is 0 Å². The maximum atomic E-state index is 5.26. The van der Waals surface area contributed by atoms with Crippen molar-refractivity contribution in [3.8, 4) is 12.3 Å². The first-order chi connectivity index (χ1) is 7.83. The van der Waals surface area contributed by atoms with Gasteiger partial charge in [-0.05, 0) is 23.3 Å². The molecule has 16 heavy (non-hydrogen) atoms. The minimum Gasteiger partial charge on any atom is -0.300 e. The predicted octanol–water partition coefficient (Wildman–Crippen LogP) is 3.12. The Morgan fingerprint density at radius 2 is 1.94 bits per heavy atom. The fraction of sp³-hybridized carbons (Fsp3) is 0.200. The molecule has 0 spiro atoms. The number of fused-ring (bicyclic) bond motifs is 1. The first kappa shape index (κ1) is 10.7. The van der Waals surface area contributed by atoms with Gasteiger partial charge in [0.2, 0.25) is 0 Å². The minimum absolute atomic E-state index is 0.280. The molecule has 1 N–H and O–H groups in total. The molecule has 1 heteroatoms. The number of benzene rings is 2. The van der Waals surface area contributed by atoms with Crippen LogP contribution in [-0.2, 0) is 0 Å². The molecule has 1 nitrogen and oxygen atoms in total. The average molecular weight is 209 g/mol. The van der Waals surface area contributed by atoms with Crippen LogP contribution in [0.2, 0.25) is 0 Å². The molecule has 0 radical (unpaired) electrons. The lowest BCUT2D eigenvalue weighted by molar-refractivity contribution is 0.627. The Morgan fingerprint density at radius 1 is 1.19 bits per heavy atom. The predicted molar refractivity (Wildman–Crippen MR) is 69.2 cm³/mol. The van der Waals surface area contributed by atoms with Gasteiger partial charge in [0, 0.05) is 6.04 Å². The first-order valence-corrected chi connectivity index (χ1v) is 5.47. The molecule has 0 bridgehead atoms. The van der Waals surface area contributed by atoms with Crippen molar-refractivity contribution in [1.29, 1.82) is 0 Å². The SMILES string of the molecule is C#CCN[C@H](C)c1cccc2ccccc12. The lowest BCUT2D eigenvalue weighted by Gasteiger charge is -2.14. The molecule has 80 valence electrons. The zero-order chi connectivity index (χ0) is 11.4. The summed E-state index contributed by atoms with van der Waals surface area (Å²) in [4.78, 5) is 0. The van der Waals surface area contributed by atoms with Crippen LogP contribution in [0.25, 0.3) is 10.8 Å². The highest BCUT2D eigenvalue weighted by atomic mass is 14.9. The third-order valence-electron chi connectivity index (χ3n) is 2.80. The molecule has 0 saturated carbocycles. The average Bonchev–Trinajstić information content (AvgIpc) is 2.35. The summed E-state index contributed by atoms with van der Waals surface area (Å²) in [6.45, 7) is 2.74. The fourth-order valence-electron chi connectivity index (χ4n) is 1.95. The number of nitrogens with one attached hydrogen (secondary N) is 1. The van der Waals surface area contributed by atoms with E-state index in [2.05, 4.69) is 60.6 Å². The topological polar surface area (TPSA) is 12.0 Å². The van der Waals surface area contributed by atoms with Crippen molar-refractivity contribution in [3.63, 3.8) is 0 Å². The lowest BCUT2D eigenvalue weighted by Crippen LogP contribution is -2.18. The molecule has 0 aliphatic heterocycles. The van der Waals surface area contributed by atoms with Crippen LogP contribution in [0.15, 0.2) is 42.5 Å². The number of hydrogen-bond acceptors (Lipinski definition) is 1. The number of hydrogen-bond donors (Lipinski definition) is 1. The Kier molecular flexibility index (Phi) is 3.24. The van der Waals surface area contributed by atoms with Crippen molar-refractivity contribution in [2.24, 2.45) is 0 Å². The van der Waals surface area contributed by atoms with Crippen molar-refractivity contribution >= 4 is 10.8 Å². The molecule has 0 saturated heterocycles. The molecule has 0 fully saturated rings. The molecule has 0 aliphatic carbocycles. The van der Waals surface area contributed by atoms with E-state index in [0.29, 0.717) is 6.54 Å². The van der Waals surface area contributed by atoms with Crippen LogP contribution in [-0.4, -0.2) is 6.54 Å². The van der Waals surface area contributed by atoms with Gasteiger partial charge in [0.15, 0.2) is 0 Å². The summed E-state index contributed by atoms with van der Waals surface area (Å²) in [7, 11) is 0. The standard InChI is InChI=1S/C15H15N/c1-3-11-16-12(2)14-10-6-8-13-7-4-5-9-15(13)14/h1,4-10,12,16H,11H2,2H3/t12-/m1/s1. The van der Waals surface area contributed by atoms with E-state index in [1.807, 2.05) is 0 Å². The van der Waals surface area contributed by atoms with Gasteiger partial charge in [-0.25, -0.2) is 0 Å². The molecule has 2 rings (SSSR count). The monoisotopic (exact) mass is 209 g/mol. The maximum Gasteiger partial charge on any atom is 0.0578 e. The quantitative estimate of drug-likeness (QED) is 0.766. The normalized spacial score (nSPS) is 12.2. The third kappa shape index (κ3) is 2.08.